The van der Waals surface area contributed by atoms with E-state index in [1.54, 1.807) is 0 Å². The second kappa shape index (κ2) is 11.3. The van der Waals surface area contributed by atoms with E-state index in [1.165, 1.54) is 0 Å². The molecule has 0 fully saturated rings. The Labute approximate surface area is 262 Å². The van der Waals surface area contributed by atoms with Gasteiger partial charge in [-0.1, -0.05) is 35.7 Å². The minimum atomic E-state index is -6.83. The molecular formula is C21H4F20N4S3. The summed E-state index contributed by atoms with van der Waals surface area (Å²) in [5, 5.41) is -3.23. The summed E-state index contributed by atoms with van der Waals surface area (Å²) in [5.41, 5.74) is -7.94. The molecular weight excluding hydrogens is 784 g/mol. The molecule has 2 aromatic rings. The fraction of sp³-hybridized carbons (Fsp3) is 0.381. The molecule has 27 heteroatoms. The Morgan fingerprint density at radius 2 is 1.02 bits per heavy atom. The lowest BCUT2D eigenvalue weighted by molar-refractivity contribution is -0.255. The number of allylic oxidation sites excluding steroid dienone is 2. The van der Waals surface area contributed by atoms with Gasteiger partial charge in [0.25, 0.3) is 9.49 Å². The third-order valence-electron chi connectivity index (χ3n) is 5.97. The van der Waals surface area contributed by atoms with Crippen LogP contribution in [0.4, 0.5) is 87.8 Å². The summed E-state index contributed by atoms with van der Waals surface area (Å²) >= 11 is -3.95. The van der Waals surface area contributed by atoms with E-state index >= 15 is 0 Å². The molecule has 2 aliphatic rings. The summed E-state index contributed by atoms with van der Waals surface area (Å²) in [4.78, 5) is 8.58. The molecule has 2 aliphatic heterocycles. The van der Waals surface area contributed by atoms with Crippen LogP contribution in [0.15, 0.2) is 62.5 Å². The molecule has 0 aliphatic carbocycles. The summed E-state index contributed by atoms with van der Waals surface area (Å²) in [7, 11) is 0. The van der Waals surface area contributed by atoms with E-state index in [-0.39, 0.29) is 4.57 Å². The van der Waals surface area contributed by atoms with Crippen LogP contribution < -0.4 is 0 Å². The van der Waals surface area contributed by atoms with Gasteiger partial charge < -0.3 is 0 Å². The predicted molar refractivity (Wildman–Crippen MR) is 129 cm³/mol. The Kier molecular flexibility index (Phi) is 8.97. The van der Waals surface area contributed by atoms with Gasteiger partial charge in [0.15, 0.2) is 10.3 Å². The van der Waals surface area contributed by atoms with Crippen LogP contribution >= 0.6 is 35.3 Å². The lowest BCUT2D eigenvalue weighted by Crippen LogP contribution is -2.54. The molecule has 0 saturated carbocycles. The second-order valence-electron chi connectivity index (χ2n) is 8.97. The summed E-state index contributed by atoms with van der Waals surface area (Å²) in [6.45, 7) is 0. The Bertz CT molecular complexity index is 1720. The van der Waals surface area contributed by atoms with Crippen LogP contribution in [0.25, 0.3) is 11.0 Å². The monoisotopic (exact) mass is 788 g/mol. The topological polar surface area (TPSA) is 42.5 Å². The number of imidazole rings is 1. The first-order valence-corrected chi connectivity index (χ1v) is 13.8. The van der Waals surface area contributed by atoms with Crippen molar-refractivity contribution in [3.63, 3.8) is 0 Å². The van der Waals surface area contributed by atoms with E-state index in [0.717, 1.165) is 24.3 Å². The first-order chi connectivity index (χ1) is 21.4. The fourth-order valence-corrected chi connectivity index (χ4v) is 7.54. The number of alkyl halides is 18. The van der Waals surface area contributed by atoms with Gasteiger partial charge in [0, 0.05) is 0 Å². The van der Waals surface area contributed by atoms with Gasteiger partial charge in [0.05, 0.1) is 11.0 Å². The maximum atomic E-state index is 14.3. The molecule has 0 N–H and O–H groups in total. The molecule has 0 bridgehead atoms. The number of aromatic nitrogens is 2. The van der Waals surface area contributed by atoms with Crippen molar-refractivity contribution in [1.29, 1.82) is 0 Å². The Morgan fingerprint density at radius 3 is 1.46 bits per heavy atom. The summed E-state index contributed by atoms with van der Waals surface area (Å²) in [5.74, 6) is -7.98. The number of aliphatic imine (C=N–C) groups is 2. The number of nitrogens with zero attached hydrogens (tertiary/aromatic N) is 4. The molecule has 0 unspecified atom stereocenters. The molecule has 0 saturated heterocycles. The number of hydrogen-bond donors (Lipinski definition) is 0. The first-order valence-electron chi connectivity index (χ1n) is 11.3. The van der Waals surface area contributed by atoms with Crippen LogP contribution in [0.3, 0.4) is 0 Å². The standard InChI is InChI=1S/C21H4F20N4S3/c22-7(16(24,25)26)9-14(18(30,31)32,19(33,34)35)47-12(43-9)45-6-4-2-1-3-5(6)42-11(45)46-13-44-10(8(23)17(27,28)29)15(48-13,20(36,37)38)21(39,40)41/h1-4H. The minimum Gasteiger partial charge on any atom is -0.265 e. The van der Waals surface area contributed by atoms with Crippen LogP contribution in [0, 0.1) is 0 Å². The van der Waals surface area contributed by atoms with E-state index in [1.807, 2.05) is 0 Å². The van der Waals surface area contributed by atoms with Crippen LogP contribution in [-0.4, -0.2) is 65.6 Å². The van der Waals surface area contributed by atoms with Crippen molar-refractivity contribution in [3.8, 4) is 0 Å². The van der Waals surface area contributed by atoms with Gasteiger partial charge in [-0.25, -0.2) is 15.0 Å². The molecule has 1 aromatic heterocycles. The maximum absolute atomic E-state index is 14.3. The Hall–Kier alpha value is -2.84. The molecule has 0 atom stereocenters. The third-order valence-corrected chi connectivity index (χ3v) is 9.84. The van der Waals surface area contributed by atoms with Crippen LogP contribution in [0.5, 0.6) is 0 Å². The van der Waals surface area contributed by atoms with Gasteiger partial charge in [0.1, 0.15) is 15.8 Å². The number of hydrogen-bond acceptors (Lipinski definition) is 6. The highest BCUT2D eigenvalue weighted by Crippen LogP contribution is 2.64. The third kappa shape index (κ3) is 5.89. The normalized spacial score (nSPS) is 21.5. The molecule has 4 nitrogen and oxygen atoms in total. The highest BCUT2D eigenvalue weighted by Gasteiger charge is 2.79. The van der Waals surface area contributed by atoms with E-state index < -0.39 is 131 Å². The zero-order valence-electron chi connectivity index (χ0n) is 21.4. The minimum absolute atomic E-state index is 0.0820. The van der Waals surface area contributed by atoms with Crippen molar-refractivity contribution >= 4 is 55.9 Å². The molecule has 266 valence electrons. The van der Waals surface area contributed by atoms with Gasteiger partial charge in [-0.05, 0) is 23.9 Å². The van der Waals surface area contributed by atoms with Gasteiger partial charge in [-0.15, -0.1) is 0 Å². The number of benzene rings is 1. The number of fused-ring (bicyclic) bond motifs is 1. The number of rotatable bonds is 1. The quantitative estimate of drug-likeness (QED) is 0.270. The van der Waals surface area contributed by atoms with Crippen LogP contribution in [-0.2, 0) is 0 Å². The van der Waals surface area contributed by atoms with Gasteiger partial charge in [0.2, 0.25) is 11.7 Å². The lowest BCUT2D eigenvalue weighted by atomic mass is 10.0. The van der Waals surface area contributed by atoms with Crippen molar-refractivity contribution in [2.75, 3.05) is 0 Å². The molecule has 0 spiro atoms. The second-order valence-corrected chi connectivity index (χ2v) is 12.6. The van der Waals surface area contributed by atoms with Gasteiger partial charge in [-0.3, -0.25) is 4.57 Å². The molecule has 3 heterocycles. The maximum Gasteiger partial charge on any atom is 0.444 e. The lowest BCUT2D eigenvalue weighted by Gasteiger charge is -2.33. The molecule has 48 heavy (non-hydrogen) atoms. The van der Waals surface area contributed by atoms with Crippen molar-refractivity contribution in [1.82, 2.24) is 9.55 Å². The fourth-order valence-electron chi connectivity index (χ4n) is 3.99. The SMILES string of the molecule is FC(=C1N=C(Sc2nc3ccccc3n2C2=NC(=C(F)C(F)(F)F)C(C(F)(F)F)(C(F)(F)F)S2)SC1(C(F)(F)F)C(F)(F)F)C(F)(F)F. The number of para-hydroxylation sites is 2. The number of thioether (sulfide) groups is 3. The summed E-state index contributed by atoms with van der Waals surface area (Å²) in [6.07, 6.45) is -40.3. The van der Waals surface area contributed by atoms with Crippen molar-refractivity contribution in [2.45, 2.75) is 51.7 Å². The highest BCUT2D eigenvalue weighted by molar-refractivity contribution is 8.39. The summed E-state index contributed by atoms with van der Waals surface area (Å²) < 4.78 is 261. The zero-order valence-corrected chi connectivity index (χ0v) is 23.8. The Morgan fingerprint density at radius 1 is 0.604 bits per heavy atom. The number of halogens is 20. The highest BCUT2D eigenvalue weighted by atomic mass is 32.2. The van der Waals surface area contributed by atoms with Gasteiger partial charge in [-0.2, -0.15) is 87.8 Å². The first kappa shape index (κ1) is 38.0. The Balaban J connectivity index is 2.02. The van der Waals surface area contributed by atoms with E-state index in [9.17, 15) is 87.8 Å². The van der Waals surface area contributed by atoms with E-state index in [4.69, 9.17) is 0 Å². The average Bonchev–Trinajstić information content (AvgIpc) is 3.57. The van der Waals surface area contributed by atoms with Crippen molar-refractivity contribution in [3.05, 3.63) is 47.3 Å². The predicted octanol–water partition coefficient (Wildman–Crippen LogP) is 10.4. The molecule has 0 amide bonds. The van der Waals surface area contributed by atoms with Crippen molar-refractivity contribution in [2.24, 2.45) is 9.98 Å². The average molecular weight is 788 g/mol. The van der Waals surface area contributed by atoms with Crippen LogP contribution in [0.1, 0.15) is 0 Å². The largest absolute Gasteiger partial charge is 0.444 e. The summed E-state index contributed by atoms with van der Waals surface area (Å²) in [6, 6.07) is 3.59. The van der Waals surface area contributed by atoms with Crippen molar-refractivity contribution < 1.29 is 87.8 Å². The van der Waals surface area contributed by atoms with Crippen LogP contribution in [0.2, 0.25) is 0 Å². The smallest absolute Gasteiger partial charge is 0.265 e. The zero-order chi connectivity index (χ0) is 36.8. The van der Waals surface area contributed by atoms with E-state index in [2.05, 4.69) is 15.0 Å². The molecule has 1 aromatic carbocycles. The van der Waals surface area contributed by atoms with E-state index in [0.29, 0.717) is 0 Å². The molecule has 0 radical (unpaired) electrons. The van der Waals surface area contributed by atoms with Gasteiger partial charge >= 0.3 is 37.1 Å². The molecule has 4 rings (SSSR count).